The summed E-state index contributed by atoms with van der Waals surface area (Å²) >= 11 is 1.29. The summed E-state index contributed by atoms with van der Waals surface area (Å²) in [5, 5.41) is 7.15. The van der Waals surface area contributed by atoms with Gasteiger partial charge in [-0.2, -0.15) is 8.78 Å². The first kappa shape index (κ1) is 18.9. The molecule has 1 atom stereocenters. The molecule has 5 nitrogen and oxygen atoms in total. The van der Waals surface area contributed by atoms with E-state index in [9.17, 15) is 18.4 Å². The number of nitrogens with one attached hydrogen (secondary N) is 2. The van der Waals surface area contributed by atoms with E-state index in [2.05, 4.69) is 15.4 Å². The monoisotopic (exact) mass is 368 g/mol. The number of thiophene rings is 1. The summed E-state index contributed by atoms with van der Waals surface area (Å²) in [5.41, 5.74) is 0.419. The molecule has 1 aromatic carbocycles. The maximum atomic E-state index is 12.4. The van der Waals surface area contributed by atoms with Gasteiger partial charge in [-0.25, -0.2) is 0 Å². The van der Waals surface area contributed by atoms with Gasteiger partial charge in [0.15, 0.2) is 0 Å². The van der Waals surface area contributed by atoms with E-state index in [1.165, 1.54) is 35.6 Å². The smallest absolute Gasteiger partial charge is 0.387 e. The summed E-state index contributed by atoms with van der Waals surface area (Å²) in [7, 11) is 0. The zero-order chi connectivity index (χ0) is 18.4. The van der Waals surface area contributed by atoms with Crippen LogP contribution in [0.5, 0.6) is 5.75 Å². The third-order valence-corrected chi connectivity index (χ3v) is 4.20. The van der Waals surface area contributed by atoms with Crippen molar-refractivity contribution in [2.75, 3.05) is 5.32 Å². The fourth-order valence-electron chi connectivity index (χ4n) is 2.09. The average Bonchev–Trinajstić information content (AvgIpc) is 3.08. The number of carbonyl (C=O) groups excluding carboxylic acids is 2. The Hall–Kier alpha value is -2.48. The maximum Gasteiger partial charge on any atom is 0.387 e. The van der Waals surface area contributed by atoms with Crippen LogP contribution in [0.2, 0.25) is 0 Å². The Morgan fingerprint density at radius 2 is 1.80 bits per heavy atom. The molecule has 0 fully saturated rings. The molecule has 2 N–H and O–H groups in total. The van der Waals surface area contributed by atoms with Crippen LogP contribution in [0, 0.1) is 5.92 Å². The predicted octanol–water partition coefficient (Wildman–Crippen LogP) is 3.74. The van der Waals surface area contributed by atoms with E-state index in [0.29, 0.717) is 10.6 Å². The molecule has 2 rings (SSSR count). The zero-order valence-corrected chi connectivity index (χ0v) is 14.5. The van der Waals surface area contributed by atoms with E-state index in [-0.39, 0.29) is 23.5 Å². The van der Waals surface area contributed by atoms with Crippen LogP contribution in [-0.2, 0) is 4.79 Å². The average molecular weight is 368 g/mol. The molecule has 0 spiro atoms. The quantitative estimate of drug-likeness (QED) is 0.782. The van der Waals surface area contributed by atoms with Gasteiger partial charge in [0, 0.05) is 5.69 Å². The second kappa shape index (κ2) is 8.57. The van der Waals surface area contributed by atoms with Crippen molar-refractivity contribution < 1.29 is 23.1 Å². The minimum Gasteiger partial charge on any atom is -0.435 e. The van der Waals surface area contributed by atoms with E-state index >= 15 is 0 Å². The standard InChI is InChI=1S/C17H18F2N2O3S/c1-10(2)14(21-15(22)13-4-3-9-25-13)16(23)20-11-5-7-12(8-6-11)24-17(18)19/h3-10,14,17H,1-2H3,(H,20,23)(H,21,22)/t14-/m1/s1. The summed E-state index contributed by atoms with van der Waals surface area (Å²) in [5.74, 6) is -0.836. The largest absolute Gasteiger partial charge is 0.435 e. The topological polar surface area (TPSA) is 67.4 Å². The van der Waals surface area contributed by atoms with Crippen molar-refractivity contribution in [3.8, 4) is 5.75 Å². The molecule has 0 saturated carbocycles. The van der Waals surface area contributed by atoms with Gasteiger partial charge in [0.25, 0.3) is 5.91 Å². The van der Waals surface area contributed by atoms with Crippen LogP contribution < -0.4 is 15.4 Å². The van der Waals surface area contributed by atoms with Crippen molar-refractivity contribution in [3.05, 3.63) is 46.7 Å². The molecule has 8 heteroatoms. The lowest BCUT2D eigenvalue weighted by Crippen LogP contribution is -2.46. The molecule has 0 saturated heterocycles. The van der Waals surface area contributed by atoms with Gasteiger partial charge in [-0.3, -0.25) is 9.59 Å². The molecule has 2 amide bonds. The van der Waals surface area contributed by atoms with Crippen LogP contribution >= 0.6 is 11.3 Å². The summed E-state index contributed by atoms with van der Waals surface area (Å²) in [4.78, 5) is 25.1. The van der Waals surface area contributed by atoms with Crippen molar-refractivity contribution in [1.29, 1.82) is 0 Å². The van der Waals surface area contributed by atoms with Crippen LogP contribution in [0.15, 0.2) is 41.8 Å². The summed E-state index contributed by atoms with van der Waals surface area (Å²) in [6, 6.07) is 8.27. The predicted molar refractivity (Wildman–Crippen MR) is 92.1 cm³/mol. The molecule has 1 heterocycles. The number of hydrogen-bond donors (Lipinski definition) is 2. The molecule has 134 valence electrons. The third-order valence-electron chi connectivity index (χ3n) is 3.33. The van der Waals surface area contributed by atoms with E-state index in [0.717, 1.165) is 0 Å². The second-order valence-corrected chi connectivity index (χ2v) is 6.51. The fourth-order valence-corrected chi connectivity index (χ4v) is 2.72. The molecule has 0 aliphatic rings. The number of ether oxygens (including phenoxy) is 1. The molecule has 25 heavy (non-hydrogen) atoms. The molecule has 0 unspecified atom stereocenters. The van der Waals surface area contributed by atoms with Gasteiger partial charge in [-0.1, -0.05) is 19.9 Å². The van der Waals surface area contributed by atoms with Gasteiger partial charge < -0.3 is 15.4 Å². The van der Waals surface area contributed by atoms with E-state index in [1.54, 1.807) is 17.5 Å². The fraction of sp³-hybridized carbons (Fsp3) is 0.294. The first-order valence-electron chi connectivity index (χ1n) is 7.57. The lowest BCUT2D eigenvalue weighted by atomic mass is 10.0. The van der Waals surface area contributed by atoms with Crippen molar-refractivity contribution in [3.63, 3.8) is 0 Å². The number of anilines is 1. The highest BCUT2D eigenvalue weighted by molar-refractivity contribution is 7.12. The molecule has 0 bridgehead atoms. The summed E-state index contributed by atoms with van der Waals surface area (Å²) in [6.45, 7) is 0.732. The van der Waals surface area contributed by atoms with Gasteiger partial charge in [-0.15, -0.1) is 11.3 Å². The highest BCUT2D eigenvalue weighted by Gasteiger charge is 2.25. The Bertz CT molecular complexity index is 703. The molecule has 2 aromatic rings. The highest BCUT2D eigenvalue weighted by atomic mass is 32.1. The van der Waals surface area contributed by atoms with Crippen molar-refractivity contribution in [1.82, 2.24) is 5.32 Å². The summed E-state index contributed by atoms with van der Waals surface area (Å²) in [6.07, 6.45) is 0. The van der Waals surface area contributed by atoms with Gasteiger partial charge >= 0.3 is 6.61 Å². The Morgan fingerprint density at radius 1 is 1.12 bits per heavy atom. The highest BCUT2D eigenvalue weighted by Crippen LogP contribution is 2.18. The lowest BCUT2D eigenvalue weighted by molar-refractivity contribution is -0.118. The minimum atomic E-state index is -2.90. The van der Waals surface area contributed by atoms with Gasteiger partial charge in [0.1, 0.15) is 11.8 Å². The van der Waals surface area contributed by atoms with Gasteiger partial charge in [0.05, 0.1) is 4.88 Å². The van der Waals surface area contributed by atoms with Crippen LogP contribution in [0.3, 0.4) is 0 Å². The Balaban J connectivity index is 2.01. The van der Waals surface area contributed by atoms with Crippen molar-refractivity contribution in [2.45, 2.75) is 26.5 Å². The summed E-state index contributed by atoms with van der Waals surface area (Å²) < 4.78 is 28.5. The van der Waals surface area contributed by atoms with E-state index in [1.807, 2.05) is 13.8 Å². The second-order valence-electron chi connectivity index (χ2n) is 5.56. The van der Waals surface area contributed by atoms with Crippen LogP contribution in [-0.4, -0.2) is 24.5 Å². The lowest BCUT2D eigenvalue weighted by Gasteiger charge is -2.21. The van der Waals surface area contributed by atoms with Crippen molar-refractivity contribution in [2.24, 2.45) is 5.92 Å². The number of amides is 2. The molecule has 1 aromatic heterocycles. The van der Waals surface area contributed by atoms with Crippen LogP contribution in [0.4, 0.5) is 14.5 Å². The number of benzene rings is 1. The van der Waals surface area contributed by atoms with E-state index in [4.69, 9.17) is 0 Å². The molecular formula is C17H18F2N2O3S. The van der Waals surface area contributed by atoms with Crippen molar-refractivity contribution >= 4 is 28.8 Å². The number of alkyl halides is 2. The van der Waals surface area contributed by atoms with Crippen LogP contribution in [0.1, 0.15) is 23.5 Å². The van der Waals surface area contributed by atoms with Crippen LogP contribution in [0.25, 0.3) is 0 Å². The zero-order valence-electron chi connectivity index (χ0n) is 13.7. The maximum absolute atomic E-state index is 12.4. The van der Waals surface area contributed by atoms with E-state index < -0.39 is 12.7 Å². The molecule has 0 radical (unpaired) electrons. The number of carbonyl (C=O) groups is 2. The number of rotatable bonds is 7. The third kappa shape index (κ3) is 5.53. The van der Waals surface area contributed by atoms with Gasteiger partial charge in [0.2, 0.25) is 5.91 Å². The minimum absolute atomic E-state index is 0.000549. The van der Waals surface area contributed by atoms with Gasteiger partial charge in [-0.05, 0) is 41.6 Å². The first-order valence-corrected chi connectivity index (χ1v) is 8.45. The molecule has 0 aliphatic carbocycles. The first-order chi connectivity index (χ1) is 11.9. The molecule has 0 aliphatic heterocycles. The Morgan fingerprint density at radius 3 is 2.32 bits per heavy atom. The number of halogens is 2. The molecular weight excluding hydrogens is 350 g/mol. The SMILES string of the molecule is CC(C)[C@@H](NC(=O)c1cccs1)C(=O)Nc1ccc(OC(F)F)cc1. The number of hydrogen-bond acceptors (Lipinski definition) is 4. The Labute approximate surface area is 148 Å². The Kier molecular flexibility index (Phi) is 6.46. The normalized spacial score (nSPS) is 12.1.